The topological polar surface area (TPSA) is 87.5 Å². The summed E-state index contributed by atoms with van der Waals surface area (Å²) in [4.78, 5) is 37.5. The van der Waals surface area contributed by atoms with Crippen LogP contribution in [0.25, 0.3) is 21.5 Å². The first kappa shape index (κ1) is 19.3. The fraction of sp³-hybridized carbons (Fsp3) is 0.130. The Labute approximate surface area is 171 Å². The first-order chi connectivity index (χ1) is 14.5. The summed E-state index contributed by atoms with van der Waals surface area (Å²) in [6.45, 7) is 1.38. The number of rotatable bonds is 4. The molecular formula is C23H18N2O5. The lowest BCUT2D eigenvalue weighted by Crippen LogP contribution is -2.29. The van der Waals surface area contributed by atoms with E-state index in [-0.39, 0.29) is 16.9 Å². The molecule has 0 saturated carbocycles. The fourth-order valence-electron chi connectivity index (χ4n) is 3.36. The zero-order valence-corrected chi connectivity index (χ0v) is 16.4. The van der Waals surface area contributed by atoms with Crippen LogP contribution in [0.15, 0.2) is 65.5 Å². The molecule has 0 aliphatic heterocycles. The number of carbonyl (C=O) groups is 2. The molecule has 4 rings (SSSR count). The Morgan fingerprint density at radius 1 is 0.967 bits per heavy atom. The van der Waals surface area contributed by atoms with Crippen LogP contribution < -0.4 is 10.3 Å². The van der Waals surface area contributed by atoms with Crippen LogP contribution in [0.5, 0.6) is 5.75 Å². The molecule has 3 aromatic carbocycles. The van der Waals surface area contributed by atoms with Crippen LogP contribution in [0.3, 0.4) is 0 Å². The summed E-state index contributed by atoms with van der Waals surface area (Å²) in [6, 6.07) is 17.6. The molecule has 0 spiro atoms. The van der Waals surface area contributed by atoms with Crippen LogP contribution in [-0.4, -0.2) is 28.8 Å². The molecule has 30 heavy (non-hydrogen) atoms. The van der Waals surface area contributed by atoms with E-state index in [0.29, 0.717) is 11.1 Å². The van der Waals surface area contributed by atoms with Gasteiger partial charge in [0.05, 0.1) is 18.2 Å². The van der Waals surface area contributed by atoms with Crippen molar-refractivity contribution in [1.82, 2.24) is 9.78 Å². The van der Waals surface area contributed by atoms with E-state index < -0.39 is 18.5 Å². The number of methoxy groups -OCH3 is 1. The number of aryl methyl sites for hydroxylation is 1. The smallest absolute Gasteiger partial charge is 0.341 e. The molecule has 7 heteroatoms. The van der Waals surface area contributed by atoms with Crippen molar-refractivity contribution < 1.29 is 19.1 Å². The van der Waals surface area contributed by atoms with E-state index in [4.69, 9.17) is 9.47 Å². The zero-order valence-electron chi connectivity index (χ0n) is 16.4. The maximum Gasteiger partial charge on any atom is 0.341 e. The molecule has 1 aromatic heterocycles. The molecule has 0 unspecified atom stereocenters. The predicted molar refractivity (Wildman–Crippen MR) is 112 cm³/mol. The summed E-state index contributed by atoms with van der Waals surface area (Å²) in [5.74, 6) is -1.28. The van der Waals surface area contributed by atoms with Crippen molar-refractivity contribution in [2.24, 2.45) is 0 Å². The van der Waals surface area contributed by atoms with Gasteiger partial charge in [-0.15, -0.1) is 0 Å². The minimum atomic E-state index is -0.722. The minimum Gasteiger partial charge on any atom is -0.465 e. The second kappa shape index (κ2) is 7.79. The zero-order chi connectivity index (χ0) is 21.3. The predicted octanol–water partition coefficient (Wildman–Crippen LogP) is 3.25. The van der Waals surface area contributed by atoms with Crippen molar-refractivity contribution in [3.8, 4) is 5.75 Å². The quantitative estimate of drug-likeness (QED) is 0.385. The van der Waals surface area contributed by atoms with Gasteiger partial charge in [0.15, 0.2) is 0 Å². The molecule has 0 atom stereocenters. The van der Waals surface area contributed by atoms with Crippen molar-refractivity contribution in [3.05, 3.63) is 82.3 Å². The van der Waals surface area contributed by atoms with E-state index >= 15 is 0 Å². The first-order valence-corrected chi connectivity index (χ1v) is 9.26. The van der Waals surface area contributed by atoms with E-state index in [0.717, 1.165) is 20.8 Å². The van der Waals surface area contributed by atoms with Gasteiger partial charge in [-0.3, -0.25) is 4.79 Å². The van der Waals surface area contributed by atoms with Crippen molar-refractivity contribution in [1.29, 1.82) is 0 Å². The Morgan fingerprint density at radius 2 is 1.60 bits per heavy atom. The molecule has 0 amide bonds. The summed E-state index contributed by atoms with van der Waals surface area (Å²) in [6.07, 6.45) is 0. The van der Waals surface area contributed by atoms with Gasteiger partial charge < -0.3 is 9.47 Å². The highest BCUT2D eigenvalue weighted by molar-refractivity contribution is 5.99. The van der Waals surface area contributed by atoms with E-state index in [2.05, 4.69) is 5.10 Å². The average molecular weight is 402 g/mol. The highest BCUT2D eigenvalue weighted by Gasteiger charge is 2.19. The van der Waals surface area contributed by atoms with Gasteiger partial charge in [-0.25, -0.2) is 14.3 Å². The third kappa shape index (κ3) is 3.53. The van der Waals surface area contributed by atoms with Gasteiger partial charge in [-0.2, -0.15) is 5.10 Å². The van der Waals surface area contributed by atoms with E-state index in [1.807, 2.05) is 30.3 Å². The summed E-state index contributed by atoms with van der Waals surface area (Å²) in [5.41, 5.74) is 0.360. The SMILES string of the molecule is COC(=O)c1cc2ccccc2cc1OC(=O)Cn1nc(C)c2ccccc2c1=O. The first-order valence-electron chi connectivity index (χ1n) is 9.26. The summed E-state index contributed by atoms with van der Waals surface area (Å²) >= 11 is 0. The van der Waals surface area contributed by atoms with Crippen molar-refractivity contribution in [2.45, 2.75) is 13.5 Å². The molecular weight excluding hydrogens is 384 g/mol. The highest BCUT2D eigenvalue weighted by atomic mass is 16.5. The third-order valence-electron chi connectivity index (χ3n) is 4.81. The Balaban J connectivity index is 1.69. The summed E-state index contributed by atoms with van der Waals surface area (Å²) < 4.78 is 11.3. The number of fused-ring (bicyclic) bond motifs is 2. The molecule has 0 radical (unpaired) electrons. The summed E-state index contributed by atoms with van der Waals surface area (Å²) in [7, 11) is 1.25. The fourth-order valence-corrected chi connectivity index (χ4v) is 3.36. The number of aromatic nitrogens is 2. The second-order valence-corrected chi connectivity index (χ2v) is 6.75. The van der Waals surface area contributed by atoms with Crippen molar-refractivity contribution >= 4 is 33.5 Å². The van der Waals surface area contributed by atoms with Gasteiger partial charge in [-0.05, 0) is 35.9 Å². The van der Waals surface area contributed by atoms with Crippen LogP contribution >= 0.6 is 0 Å². The summed E-state index contributed by atoms with van der Waals surface area (Å²) in [5, 5.41) is 7.02. The molecule has 1 heterocycles. The van der Waals surface area contributed by atoms with Crippen LogP contribution in [0.1, 0.15) is 16.1 Å². The molecule has 4 aromatic rings. The Kier molecular flexibility index (Phi) is 5.02. The third-order valence-corrected chi connectivity index (χ3v) is 4.81. The molecule has 0 fully saturated rings. The standard InChI is InChI=1S/C23H18N2O5/c1-14-17-9-5-6-10-18(17)22(27)25(24-14)13-21(26)30-20-12-16-8-4-3-7-15(16)11-19(20)23(28)29-2/h3-12H,13H2,1-2H3. The number of hydrogen-bond acceptors (Lipinski definition) is 6. The molecule has 0 aliphatic carbocycles. The van der Waals surface area contributed by atoms with Crippen LogP contribution in [-0.2, 0) is 16.1 Å². The lowest BCUT2D eigenvalue weighted by Gasteiger charge is -2.12. The van der Waals surface area contributed by atoms with E-state index in [1.54, 1.807) is 37.3 Å². The largest absolute Gasteiger partial charge is 0.465 e. The highest BCUT2D eigenvalue weighted by Crippen LogP contribution is 2.27. The maximum absolute atomic E-state index is 12.7. The van der Waals surface area contributed by atoms with Crippen molar-refractivity contribution in [2.75, 3.05) is 7.11 Å². The molecule has 7 nitrogen and oxygen atoms in total. The molecule has 0 bridgehead atoms. The van der Waals surface area contributed by atoms with Crippen LogP contribution in [0.4, 0.5) is 0 Å². The lowest BCUT2D eigenvalue weighted by molar-refractivity contribution is -0.135. The van der Waals surface area contributed by atoms with Gasteiger partial charge >= 0.3 is 11.9 Å². The molecule has 150 valence electrons. The second-order valence-electron chi connectivity index (χ2n) is 6.75. The normalized spacial score (nSPS) is 10.9. The number of nitrogens with zero attached hydrogens (tertiary/aromatic N) is 2. The molecule has 0 aliphatic rings. The monoisotopic (exact) mass is 402 g/mol. The van der Waals surface area contributed by atoms with Gasteiger partial charge in [0.1, 0.15) is 17.9 Å². The van der Waals surface area contributed by atoms with Gasteiger partial charge in [0.2, 0.25) is 0 Å². The van der Waals surface area contributed by atoms with Gasteiger partial charge in [0.25, 0.3) is 5.56 Å². The number of benzene rings is 3. The van der Waals surface area contributed by atoms with Crippen LogP contribution in [0.2, 0.25) is 0 Å². The van der Waals surface area contributed by atoms with Gasteiger partial charge in [-0.1, -0.05) is 42.5 Å². The average Bonchev–Trinajstić information content (AvgIpc) is 2.76. The number of esters is 2. The Hall–Kier alpha value is -4.00. The van der Waals surface area contributed by atoms with Crippen molar-refractivity contribution in [3.63, 3.8) is 0 Å². The minimum absolute atomic E-state index is 0.0658. The lowest BCUT2D eigenvalue weighted by atomic mass is 10.1. The van der Waals surface area contributed by atoms with E-state index in [9.17, 15) is 14.4 Å². The van der Waals surface area contributed by atoms with Gasteiger partial charge in [0, 0.05) is 5.39 Å². The Morgan fingerprint density at radius 3 is 2.30 bits per heavy atom. The Bertz CT molecular complexity index is 1360. The van der Waals surface area contributed by atoms with Crippen LogP contribution in [0, 0.1) is 6.92 Å². The molecule has 0 N–H and O–H groups in total. The number of ether oxygens (including phenoxy) is 2. The molecule has 0 saturated heterocycles. The van der Waals surface area contributed by atoms with E-state index in [1.165, 1.54) is 7.11 Å². The maximum atomic E-state index is 12.7. The number of hydrogen-bond donors (Lipinski definition) is 0. The number of carbonyl (C=O) groups excluding carboxylic acids is 2.